The zero-order valence-corrected chi connectivity index (χ0v) is 18.7. The molecule has 0 spiro atoms. The van der Waals surface area contributed by atoms with Crippen molar-refractivity contribution in [1.29, 1.82) is 0 Å². The van der Waals surface area contributed by atoms with Crippen molar-refractivity contribution in [1.82, 2.24) is 9.80 Å². The van der Waals surface area contributed by atoms with Crippen LogP contribution in [-0.2, 0) is 4.79 Å². The molecular weight excluding hydrogens is 461 g/mol. The maximum atomic E-state index is 13.8. The van der Waals surface area contributed by atoms with Crippen LogP contribution in [0.1, 0.15) is 36.0 Å². The molecule has 1 unspecified atom stereocenters. The van der Waals surface area contributed by atoms with Crippen molar-refractivity contribution in [3.8, 4) is 5.75 Å². The summed E-state index contributed by atoms with van der Waals surface area (Å²) in [6.45, 7) is 1.34. The molecule has 2 aliphatic rings. The van der Waals surface area contributed by atoms with Crippen LogP contribution in [0.25, 0.3) is 0 Å². The van der Waals surface area contributed by atoms with E-state index in [0.717, 1.165) is 18.6 Å². The number of carbonyl (C=O) groups excluding carboxylic acids is 2. The molecule has 2 aromatic carbocycles. The molecule has 9 heteroatoms. The van der Waals surface area contributed by atoms with E-state index in [0.29, 0.717) is 48.9 Å². The van der Waals surface area contributed by atoms with Crippen LogP contribution in [-0.4, -0.2) is 53.4 Å². The minimum absolute atomic E-state index is 0.00198. The first-order chi connectivity index (χ1) is 15.3. The Morgan fingerprint density at radius 3 is 2.44 bits per heavy atom. The van der Waals surface area contributed by atoms with Crippen molar-refractivity contribution in [2.75, 3.05) is 19.6 Å². The summed E-state index contributed by atoms with van der Waals surface area (Å²) in [5.74, 6) is -1.82. The minimum atomic E-state index is -0.747. The van der Waals surface area contributed by atoms with Gasteiger partial charge in [-0.3, -0.25) is 9.59 Å². The van der Waals surface area contributed by atoms with Crippen LogP contribution < -0.4 is 4.74 Å². The topological polar surface area (TPSA) is 49.9 Å². The summed E-state index contributed by atoms with van der Waals surface area (Å²) in [5, 5.41) is 0.697. The monoisotopic (exact) mass is 482 g/mol. The molecule has 5 nitrogen and oxygen atoms in total. The zero-order valence-electron chi connectivity index (χ0n) is 17.2. The van der Waals surface area contributed by atoms with E-state index in [4.69, 9.17) is 27.9 Å². The van der Waals surface area contributed by atoms with Crippen LogP contribution in [0.15, 0.2) is 36.4 Å². The van der Waals surface area contributed by atoms with Gasteiger partial charge in [0.05, 0.1) is 10.6 Å². The molecule has 0 bridgehead atoms. The van der Waals surface area contributed by atoms with E-state index < -0.39 is 17.7 Å². The second kappa shape index (κ2) is 9.63. The molecule has 0 aromatic heterocycles. The molecule has 32 heavy (non-hydrogen) atoms. The highest BCUT2D eigenvalue weighted by Gasteiger charge is 2.38. The Kier molecular flexibility index (Phi) is 6.86. The lowest BCUT2D eigenvalue weighted by atomic mass is 10.1. The van der Waals surface area contributed by atoms with E-state index in [1.54, 1.807) is 21.9 Å². The van der Waals surface area contributed by atoms with Gasteiger partial charge in [0.25, 0.3) is 5.91 Å². The molecule has 2 amide bonds. The Morgan fingerprint density at radius 2 is 1.72 bits per heavy atom. The smallest absolute Gasteiger partial charge is 0.256 e. The Balaban J connectivity index is 1.38. The number of amides is 2. The van der Waals surface area contributed by atoms with Gasteiger partial charge in [0.15, 0.2) is 11.6 Å². The Morgan fingerprint density at radius 1 is 0.969 bits per heavy atom. The Hall–Kier alpha value is -2.38. The molecular formula is C23H22Cl2F2N2O3. The number of likely N-dealkylation sites (tertiary alicyclic amines) is 2. The third kappa shape index (κ3) is 4.84. The van der Waals surface area contributed by atoms with Gasteiger partial charge in [0.1, 0.15) is 18.0 Å². The highest BCUT2D eigenvalue weighted by atomic mass is 35.5. The average Bonchev–Trinajstić information content (AvgIpc) is 3.27. The maximum absolute atomic E-state index is 13.8. The highest BCUT2D eigenvalue weighted by molar-refractivity contribution is 6.35. The number of hydrogen-bond acceptors (Lipinski definition) is 3. The molecule has 0 saturated carbocycles. The zero-order chi connectivity index (χ0) is 22.8. The Labute approximate surface area is 194 Å². The molecule has 2 saturated heterocycles. The van der Waals surface area contributed by atoms with Gasteiger partial charge in [-0.1, -0.05) is 23.2 Å². The van der Waals surface area contributed by atoms with Gasteiger partial charge >= 0.3 is 0 Å². The number of halogens is 4. The maximum Gasteiger partial charge on any atom is 0.256 e. The van der Waals surface area contributed by atoms with E-state index in [2.05, 4.69) is 0 Å². The van der Waals surface area contributed by atoms with Crippen LogP contribution in [0.4, 0.5) is 8.78 Å². The first-order valence-electron chi connectivity index (χ1n) is 10.5. The number of ether oxygens (including phenoxy) is 1. The van der Waals surface area contributed by atoms with Gasteiger partial charge in [-0.2, -0.15) is 0 Å². The van der Waals surface area contributed by atoms with Crippen molar-refractivity contribution in [3.63, 3.8) is 0 Å². The minimum Gasteiger partial charge on any atom is -0.487 e. The van der Waals surface area contributed by atoms with E-state index in [-0.39, 0.29) is 29.2 Å². The summed E-state index contributed by atoms with van der Waals surface area (Å²) in [4.78, 5) is 29.5. The van der Waals surface area contributed by atoms with Gasteiger partial charge in [0.2, 0.25) is 5.91 Å². The lowest BCUT2D eigenvalue weighted by molar-refractivity contribution is -0.137. The predicted molar refractivity (Wildman–Crippen MR) is 117 cm³/mol. The van der Waals surface area contributed by atoms with E-state index >= 15 is 0 Å². The van der Waals surface area contributed by atoms with E-state index in [9.17, 15) is 18.4 Å². The fraction of sp³-hybridized carbons (Fsp3) is 0.391. The van der Waals surface area contributed by atoms with E-state index in [1.165, 1.54) is 12.1 Å². The molecule has 0 radical (unpaired) electrons. The van der Waals surface area contributed by atoms with Crippen molar-refractivity contribution in [2.45, 2.75) is 37.8 Å². The largest absolute Gasteiger partial charge is 0.487 e. The fourth-order valence-corrected chi connectivity index (χ4v) is 4.61. The summed E-state index contributed by atoms with van der Waals surface area (Å²) in [6.07, 6.45) is 2.07. The van der Waals surface area contributed by atoms with Crippen LogP contribution in [0.2, 0.25) is 10.0 Å². The van der Waals surface area contributed by atoms with Crippen LogP contribution in [0.3, 0.4) is 0 Å². The second-order valence-corrected chi connectivity index (χ2v) is 8.84. The molecule has 2 heterocycles. The molecule has 0 aliphatic carbocycles. The number of carbonyl (C=O) groups is 2. The number of benzene rings is 2. The Bertz CT molecular complexity index is 1030. The first-order valence-corrected chi connectivity index (χ1v) is 11.3. The summed E-state index contributed by atoms with van der Waals surface area (Å²) in [7, 11) is 0. The first kappa shape index (κ1) is 22.8. The summed E-state index contributed by atoms with van der Waals surface area (Å²) in [5.41, 5.74) is 0.285. The van der Waals surface area contributed by atoms with Crippen LogP contribution in [0, 0.1) is 11.6 Å². The summed E-state index contributed by atoms with van der Waals surface area (Å²) in [6, 6.07) is 7.34. The van der Waals surface area contributed by atoms with Gasteiger partial charge in [-0.25, -0.2) is 8.78 Å². The molecule has 2 aromatic rings. The van der Waals surface area contributed by atoms with Crippen molar-refractivity contribution in [3.05, 3.63) is 63.6 Å². The molecule has 2 aliphatic heterocycles. The van der Waals surface area contributed by atoms with Crippen molar-refractivity contribution in [2.24, 2.45) is 0 Å². The SMILES string of the molecule is O=C(C1CCCN1C(=O)c1cc(Cl)ccc1Cl)N1CCC(Oc2ccc(F)cc2F)CC1. The molecule has 4 rings (SSSR count). The van der Waals surface area contributed by atoms with Crippen LogP contribution in [0.5, 0.6) is 5.75 Å². The van der Waals surface area contributed by atoms with Gasteiger partial charge in [-0.15, -0.1) is 0 Å². The standard InChI is InChI=1S/C23H22Cl2F2N2O3/c24-14-3-5-18(25)17(12-14)22(30)29-9-1-2-20(29)23(31)28-10-7-16(8-11-28)32-21-6-4-15(26)13-19(21)27/h3-6,12-13,16,20H,1-2,7-11H2. The normalized spacial score (nSPS) is 19.3. The quantitative estimate of drug-likeness (QED) is 0.619. The fourth-order valence-electron chi connectivity index (χ4n) is 4.24. The summed E-state index contributed by atoms with van der Waals surface area (Å²) >= 11 is 12.2. The van der Waals surface area contributed by atoms with Gasteiger partial charge < -0.3 is 14.5 Å². The predicted octanol–water partition coefficient (Wildman–Crippen LogP) is 4.95. The van der Waals surface area contributed by atoms with Gasteiger partial charge in [0, 0.05) is 43.6 Å². The van der Waals surface area contributed by atoms with Crippen molar-refractivity contribution >= 4 is 35.0 Å². The molecule has 2 fully saturated rings. The lowest BCUT2D eigenvalue weighted by Gasteiger charge is -2.35. The van der Waals surface area contributed by atoms with Crippen LogP contribution >= 0.6 is 23.2 Å². The van der Waals surface area contributed by atoms with E-state index in [1.807, 2.05) is 0 Å². The number of nitrogens with zero attached hydrogens (tertiary/aromatic N) is 2. The lowest BCUT2D eigenvalue weighted by Crippen LogP contribution is -2.51. The van der Waals surface area contributed by atoms with Crippen molar-refractivity contribution < 1.29 is 23.1 Å². The second-order valence-electron chi connectivity index (χ2n) is 8.00. The third-order valence-corrected chi connectivity index (χ3v) is 6.46. The molecule has 170 valence electrons. The number of rotatable bonds is 4. The molecule has 1 atom stereocenters. The summed E-state index contributed by atoms with van der Waals surface area (Å²) < 4.78 is 32.6. The third-order valence-electron chi connectivity index (χ3n) is 5.90. The highest BCUT2D eigenvalue weighted by Crippen LogP contribution is 2.28. The average molecular weight is 483 g/mol. The van der Waals surface area contributed by atoms with Gasteiger partial charge in [-0.05, 0) is 43.2 Å². The number of piperidine rings is 1. The number of hydrogen-bond donors (Lipinski definition) is 0. The molecule has 0 N–H and O–H groups in total.